The van der Waals surface area contributed by atoms with Gasteiger partial charge in [-0.05, 0) is 41.1 Å². The van der Waals surface area contributed by atoms with E-state index in [9.17, 15) is 4.79 Å². The summed E-state index contributed by atoms with van der Waals surface area (Å²) < 4.78 is 6.26. The number of rotatable bonds is 4. The number of hydrogen-bond donors (Lipinski definition) is 2. The van der Waals surface area contributed by atoms with Gasteiger partial charge in [-0.2, -0.15) is 5.10 Å². The molecule has 2 rings (SSSR count). The first kappa shape index (κ1) is 13.9. The van der Waals surface area contributed by atoms with E-state index in [-0.39, 0.29) is 5.91 Å². The maximum Gasteiger partial charge on any atom is 0.265 e. The molecule has 0 spiro atoms. The fourth-order valence-electron chi connectivity index (χ4n) is 1.38. The zero-order chi connectivity index (χ0) is 13.8. The van der Waals surface area contributed by atoms with Gasteiger partial charge >= 0.3 is 0 Å². The summed E-state index contributed by atoms with van der Waals surface area (Å²) in [5.41, 5.74) is 0.593. The molecule has 0 aliphatic carbocycles. The van der Waals surface area contributed by atoms with Crippen LogP contribution in [0.2, 0.25) is 5.02 Å². The Balaban J connectivity index is 2.00. The summed E-state index contributed by atoms with van der Waals surface area (Å²) in [6.07, 6.45) is 2.46. The number of carbonyl (C=O) groups excluding carboxylic acids is 1. The van der Waals surface area contributed by atoms with Crippen LogP contribution in [-0.2, 0) is 4.79 Å². The highest BCUT2D eigenvalue weighted by atomic mass is 79.9. The van der Waals surface area contributed by atoms with Crippen molar-refractivity contribution < 1.29 is 9.53 Å². The van der Waals surface area contributed by atoms with Crippen LogP contribution in [-0.4, -0.2) is 22.2 Å². The Hall–Kier alpha value is -1.53. The predicted octanol–water partition coefficient (Wildman–Crippen LogP) is 3.23. The Kier molecular flexibility index (Phi) is 4.44. The lowest BCUT2D eigenvalue weighted by Crippen LogP contribution is -2.30. The molecule has 0 fully saturated rings. The molecular formula is C12H11BrClN3O2. The van der Waals surface area contributed by atoms with Gasteiger partial charge in [-0.1, -0.05) is 11.6 Å². The second-order valence-corrected chi connectivity index (χ2v) is 5.10. The number of ether oxygens (including phenoxy) is 1. The van der Waals surface area contributed by atoms with Crippen LogP contribution in [0, 0.1) is 0 Å². The van der Waals surface area contributed by atoms with E-state index in [2.05, 4.69) is 31.4 Å². The van der Waals surface area contributed by atoms with E-state index < -0.39 is 6.10 Å². The molecule has 1 atom stereocenters. The molecular weight excluding hydrogens is 334 g/mol. The average molecular weight is 345 g/mol. The number of amides is 1. The number of hydrogen-bond acceptors (Lipinski definition) is 3. The van der Waals surface area contributed by atoms with Crippen LogP contribution in [0.5, 0.6) is 5.75 Å². The van der Waals surface area contributed by atoms with Gasteiger partial charge < -0.3 is 10.1 Å². The topological polar surface area (TPSA) is 67.0 Å². The standard InChI is InChI=1S/C12H11BrClN3O2/c1-7(12(18)17-9-5-15-16-6-9)19-11-3-2-8(14)4-10(11)13/h2-7H,1H3,(H,15,16)(H,17,18). The van der Waals surface area contributed by atoms with Crippen molar-refractivity contribution in [1.82, 2.24) is 10.2 Å². The molecule has 100 valence electrons. The lowest BCUT2D eigenvalue weighted by Gasteiger charge is -2.15. The third-order valence-corrected chi connectivity index (χ3v) is 3.19. The van der Waals surface area contributed by atoms with Crippen LogP contribution in [0.3, 0.4) is 0 Å². The van der Waals surface area contributed by atoms with Crippen molar-refractivity contribution in [3.63, 3.8) is 0 Å². The molecule has 0 bridgehead atoms. The molecule has 2 N–H and O–H groups in total. The largest absolute Gasteiger partial charge is 0.480 e. The van der Waals surface area contributed by atoms with Crippen LogP contribution in [0.15, 0.2) is 35.1 Å². The van der Waals surface area contributed by atoms with E-state index in [1.807, 2.05) is 0 Å². The van der Waals surface area contributed by atoms with Gasteiger partial charge in [0.15, 0.2) is 6.10 Å². The van der Waals surface area contributed by atoms with Crippen LogP contribution in [0.1, 0.15) is 6.92 Å². The zero-order valence-corrected chi connectivity index (χ0v) is 12.3. The molecule has 1 heterocycles. The Morgan fingerprint density at radius 3 is 3.00 bits per heavy atom. The normalized spacial score (nSPS) is 11.9. The molecule has 0 radical (unpaired) electrons. The number of anilines is 1. The minimum atomic E-state index is -0.646. The summed E-state index contributed by atoms with van der Waals surface area (Å²) in [6.45, 7) is 1.66. The number of aromatic amines is 1. The van der Waals surface area contributed by atoms with Crippen molar-refractivity contribution in [1.29, 1.82) is 0 Å². The second-order valence-electron chi connectivity index (χ2n) is 3.81. The van der Waals surface area contributed by atoms with E-state index in [1.54, 1.807) is 31.3 Å². The molecule has 0 aliphatic rings. The second kappa shape index (κ2) is 6.08. The smallest absolute Gasteiger partial charge is 0.265 e. The van der Waals surface area contributed by atoms with Gasteiger partial charge in [0.25, 0.3) is 5.91 Å². The number of nitrogens with zero attached hydrogens (tertiary/aromatic N) is 1. The van der Waals surface area contributed by atoms with E-state index >= 15 is 0 Å². The van der Waals surface area contributed by atoms with Crippen molar-refractivity contribution in [3.05, 3.63) is 40.1 Å². The molecule has 5 nitrogen and oxygen atoms in total. The SMILES string of the molecule is CC(Oc1ccc(Cl)cc1Br)C(=O)Nc1cn[nH]c1. The predicted molar refractivity (Wildman–Crippen MR) is 76.5 cm³/mol. The summed E-state index contributed by atoms with van der Waals surface area (Å²) in [4.78, 5) is 11.9. The zero-order valence-electron chi connectivity index (χ0n) is 9.98. The fourth-order valence-corrected chi connectivity index (χ4v) is 2.15. The minimum absolute atomic E-state index is 0.261. The number of carbonyl (C=O) groups is 1. The van der Waals surface area contributed by atoms with Crippen molar-refractivity contribution in [2.24, 2.45) is 0 Å². The first-order chi connectivity index (χ1) is 9.06. The van der Waals surface area contributed by atoms with Crippen molar-refractivity contribution >= 4 is 39.1 Å². The minimum Gasteiger partial charge on any atom is -0.480 e. The highest BCUT2D eigenvalue weighted by Gasteiger charge is 2.16. The molecule has 19 heavy (non-hydrogen) atoms. The summed E-state index contributed by atoms with van der Waals surface area (Å²) >= 11 is 9.16. The molecule has 7 heteroatoms. The number of aromatic nitrogens is 2. The lowest BCUT2D eigenvalue weighted by molar-refractivity contribution is -0.122. The number of nitrogens with one attached hydrogen (secondary N) is 2. The average Bonchev–Trinajstić information content (AvgIpc) is 2.85. The third kappa shape index (κ3) is 3.71. The van der Waals surface area contributed by atoms with E-state index in [4.69, 9.17) is 16.3 Å². The van der Waals surface area contributed by atoms with Crippen LogP contribution >= 0.6 is 27.5 Å². The van der Waals surface area contributed by atoms with Gasteiger partial charge in [-0.3, -0.25) is 9.89 Å². The highest BCUT2D eigenvalue weighted by Crippen LogP contribution is 2.28. The number of halogens is 2. The molecule has 1 aromatic heterocycles. The molecule has 2 aromatic rings. The summed E-state index contributed by atoms with van der Waals surface area (Å²) in [5.74, 6) is 0.294. The van der Waals surface area contributed by atoms with Crippen LogP contribution in [0.25, 0.3) is 0 Å². The van der Waals surface area contributed by atoms with E-state index in [0.717, 1.165) is 0 Å². The number of H-pyrrole nitrogens is 1. The van der Waals surface area contributed by atoms with Gasteiger partial charge in [0, 0.05) is 11.2 Å². The summed E-state index contributed by atoms with van der Waals surface area (Å²) in [7, 11) is 0. The first-order valence-corrected chi connectivity index (χ1v) is 6.64. The Labute approximate surface area is 123 Å². The molecule has 1 aromatic carbocycles. The first-order valence-electron chi connectivity index (χ1n) is 5.47. The Morgan fingerprint density at radius 1 is 1.58 bits per heavy atom. The van der Waals surface area contributed by atoms with Crippen molar-refractivity contribution in [3.8, 4) is 5.75 Å². The van der Waals surface area contributed by atoms with Gasteiger partial charge in [0.2, 0.25) is 0 Å². The Morgan fingerprint density at radius 2 is 2.37 bits per heavy atom. The molecule has 0 saturated carbocycles. The fraction of sp³-hybridized carbons (Fsp3) is 0.167. The highest BCUT2D eigenvalue weighted by molar-refractivity contribution is 9.10. The van der Waals surface area contributed by atoms with Gasteiger partial charge in [0.1, 0.15) is 5.75 Å². The monoisotopic (exact) mass is 343 g/mol. The van der Waals surface area contributed by atoms with Gasteiger partial charge in [-0.25, -0.2) is 0 Å². The van der Waals surface area contributed by atoms with Crippen LogP contribution < -0.4 is 10.1 Å². The van der Waals surface area contributed by atoms with Gasteiger partial charge in [-0.15, -0.1) is 0 Å². The maximum absolute atomic E-state index is 11.9. The van der Waals surface area contributed by atoms with Gasteiger partial charge in [0.05, 0.1) is 16.4 Å². The van der Waals surface area contributed by atoms with Crippen molar-refractivity contribution in [2.75, 3.05) is 5.32 Å². The number of benzene rings is 1. The third-order valence-electron chi connectivity index (χ3n) is 2.33. The molecule has 0 saturated heterocycles. The quantitative estimate of drug-likeness (QED) is 0.895. The summed E-state index contributed by atoms with van der Waals surface area (Å²) in [6, 6.07) is 5.11. The Bertz CT molecular complexity index is 574. The van der Waals surface area contributed by atoms with E-state index in [1.165, 1.54) is 6.20 Å². The lowest BCUT2D eigenvalue weighted by atomic mass is 10.3. The van der Waals surface area contributed by atoms with E-state index in [0.29, 0.717) is 20.9 Å². The molecule has 1 amide bonds. The molecule has 0 aliphatic heterocycles. The molecule has 1 unspecified atom stereocenters. The summed E-state index contributed by atoms with van der Waals surface area (Å²) in [5, 5.41) is 9.62. The maximum atomic E-state index is 11.9. The van der Waals surface area contributed by atoms with Crippen LogP contribution in [0.4, 0.5) is 5.69 Å². The van der Waals surface area contributed by atoms with Crippen molar-refractivity contribution in [2.45, 2.75) is 13.0 Å².